The van der Waals surface area contributed by atoms with Gasteiger partial charge < -0.3 is 21.3 Å². The highest BCUT2D eigenvalue weighted by atomic mass is 16.4. The van der Waals surface area contributed by atoms with Crippen LogP contribution in [0.1, 0.15) is 81.1 Å². The fourth-order valence-corrected chi connectivity index (χ4v) is 7.86. The number of aromatic carboxylic acids is 1. The second kappa shape index (κ2) is 21.5. The number of pyridine rings is 1. The number of nitrogens with zero attached hydrogens (tertiary/aromatic N) is 2. The van der Waals surface area contributed by atoms with Crippen LogP contribution in [0.4, 0.5) is 5.69 Å². The number of anilines is 1. The quantitative estimate of drug-likeness (QED) is 0.0677. The van der Waals surface area contributed by atoms with Crippen LogP contribution in [0.15, 0.2) is 176 Å². The van der Waals surface area contributed by atoms with Crippen molar-refractivity contribution in [3.05, 3.63) is 226 Å². The minimum atomic E-state index is -1.21. The van der Waals surface area contributed by atoms with E-state index in [9.17, 15) is 33.9 Å². The van der Waals surface area contributed by atoms with Gasteiger partial charge in [-0.2, -0.15) is 0 Å². The number of ketones is 1. The predicted molar refractivity (Wildman–Crippen MR) is 262 cm³/mol. The van der Waals surface area contributed by atoms with E-state index in [2.05, 4.69) is 22.4 Å². The Bertz CT molecular complexity index is 3130. The van der Waals surface area contributed by atoms with Gasteiger partial charge in [0.25, 0.3) is 17.7 Å². The summed E-state index contributed by atoms with van der Waals surface area (Å²) in [4.78, 5) is 79.6. The number of nitrogen functional groups attached to an aromatic ring is 1. The van der Waals surface area contributed by atoms with Crippen molar-refractivity contribution in [2.75, 3.05) is 18.8 Å². The van der Waals surface area contributed by atoms with E-state index in [-0.39, 0.29) is 48.2 Å². The Morgan fingerprint density at radius 3 is 1.76 bits per heavy atom. The molecule has 1 aliphatic heterocycles. The number of nitrogens with one attached hydrogen (secondary N) is 1. The average molecular weight is 905 g/mol. The maximum Gasteiger partial charge on any atom is 0.336 e. The monoisotopic (exact) mass is 904 g/mol. The minimum Gasteiger partial charge on any atom is -0.481 e. The van der Waals surface area contributed by atoms with Crippen LogP contribution in [-0.4, -0.2) is 68.6 Å². The third kappa shape index (κ3) is 11.4. The summed E-state index contributed by atoms with van der Waals surface area (Å²) in [6.07, 6.45) is 3.73. The Hall–Kier alpha value is -8.77. The number of amides is 3. The van der Waals surface area contributed by atoms with Crippen molar-refractivity contribution in [3.63, 3.8) is 0 Å². The summed E-state index contributed by atoms with van der Waals surface area (Å²) in [5.41, 5.74) is 11.4. The van der Waals surface area contributed by atoms with Crippen LogP contribution in [0.2, 0.25) is 0 Å². The number of hydrogen-bond acceptors (Lipinski definition) is 8. The number of carbonyl (C=O) groups is 6. The number of aliphatic carboxylic acids is 1. The largest absolute Gasteiger partial charge is 0.481 e. The van der Waals surface area contributed by atoms with Crippen LogP contribution < -0.4 is 11.1 Å². The van der Waals surface area contributed by atoms with Crippen LogP contribution in [0.25, 0.3) is 21.5 Å². The lowest BCUT2D eigenvalue weighted by Gasteiger charge is -2.22. The van der Waals surface area contributed by atoms with E-state index >= 15 is 0 Å². The Morgan fingerprint density at radius 2 is 1.15 bits per heavy atom. The lowest BCUT2D eigenvalue weighted by Crippen LogP contribution is -2.36. The molecule has 0 spiro atoms. The molecule has 0 saturated heterocycles. The highest BCUT2D eigenvalue weighted by Gasteiger charge is 2.38. The molecule has 68 heavy (non-hydrogen) atoms. The molecule has 3 amide bonds. The second-order valence-corrected chi connectivity index (χ2v) is 16.4. The molecular weight excluding hydrogens is 857 g/mol. The van der Waals surface area contributed by atoms with Gasteiger partial charge in [-0.05, 0) is 89.2 Å². The van der Waals surface area contributed by atoms with E-state index in [4.69, 9.17) is 10.8 Å². The molecule has 5 N–H and O–H groups in total. The molecule has 2 heterocycles. The molecular formula is C56H48N4O8. The molecule has 1 aromatic heterocycles. The summed E-state index contributed by atoms with van der Waals surface area (Å²) in [5, 5.41) is 25.5. The molecule has 340 valence electrons. The summed E-state index contributed by atoms with van der Waals surface area (Å²) >= 11 is 0. The molecule has 2 atom stereocenters. The Kier molecular flexibility index (Phi) is 14.9. The fourth-order valence-electron chi connectivity index (χ4n) is 7.86. The molecule has 0 fully saturated rings. The summed E-state index contributed by atoms with van der Waals surface area (Å²) in [6, 6.07) is 49.2. The molecule has 2 unspecified atom stereocenters. The van der Waals surface area contributed by atoms with Crippen LogP contribution >= 0.6 is 0 Å². The van der Waals surface area contributed by atoms with Crippen molar-refractivity contribution in [2.24, 2.45) is 0 Å². The van der Waals surface area contributed by atoms with E-state index in [1.165, 1.54) is 33.9 Å². The highest BCUT2D eigenvalue weighted by Crippen LogP contribution is 2.29. The molecule has 12 nitrogen and oxygen atoms in total. The summed E-state index contributed by atoms with van der Waals surface area (Å²) in [7, 11) is 0. The number of rotatable bonds is 12. The number of benzene rings is 7. The van der Waals surface area contributed by atoms with Gasteiger partial charge in [0.2, 0.25) is 0 Å². The first-order chi connectivity index (χ1) is 32.8. The normalized spacial score (nSPS) is 12.5. The fraction of sp³-hybridized carbons (Fsp3) is 0.125. The number of aromatic nitrogens is 1. The summed E-state index contributed by atoms with van der Waals surface area (Å²) in [6.45, 7) is 3.76. The molecule has 0 bridgehead atoms. The number of carboxylic acids is 2. The standard InChI is InChI=1S/C28H22N2O3.C18H17NO5.C10H9N/c1-18-6-9-20(10-7-18)25(17-30-27(32)23-4-2-3-5-24(23)28(30)33)26(31)15-19-8-11-22-16-29-13-12-21(22)14-19;1-11-6-8-12(9-7-11)15(18(23)24)10-19-16(20)13-4-2-3-5-14(13)17(21)22;11-10-6-5-8-3-1-2-4-9(8)7-10/h2-14,16,25H,15,17H2,1H3;2-9,15H,10H2,1H3,(H,19,20)(H,21,22)(H,23,24);1-7H,11H2. The topological polar surface area (TPSA) is 197 Å². The average Bonchev–Trinajstić information content (AvgIpc) is 3.58. The van der Waals surface area contributed by atoms with Gasteiger partial charge in [0.05, 0.1) is 34.1 Å². The molecule has 0 saturated carbocycles. The molecule has 9 rings (SSSR count). The van der Waals surface area contributed by atoms with Crippen molar-refractivity contribution in [2.45, 2.75) is 32.1 Å². The zero-order valence-corrected chi connectivity index (χ0v) is 37.3. The molecule has 1 aliphatic rings. The van der Waals surface area contributed by atoms with Gasteiger partial charge in [-0.15, -0.1) is 0 Å². The third-order valence-corrected chi connectivity index (χ3v) is 11.6. The van der Waals surface area contributed by atoms with Crippen LogP contribution in [-0.2, 0) is 16.0 Å². The minimum absolute atomic E-state index is 0.00181. The van der Waals surface area contributed by atoms with Crippen LogP contribution in [0, 0.1) is 13.8 Å². The van der Waals surface area contributed by atoms with E-state index in [1.54, 1.807) is 67.0 Å². The van der Waals surface area contributed by atoms with Crippen molar-refractivity contribution in [1.82, 2.24) is 15.2 Å². The van der Waals surface area contributed by atoms with E-state index < -0.39 is 29.7 Å². The maximum atomic E-state index is 13.5. The first-order valence-electron chi connectivity index (χ1n) is 21.8. The lowest BCUT2D eigenvalue weighted by atomic mass is 9.89. The van der Waals surface area contributed by atoms with Gasteiger partial charge in [0, 0.05) is 43.0 Å². The Balaban J connectivity index is 0.000000170. The van der Waals surface area contributed by atoms with Gasteiger partial charge in [0.15, 0.2) is 0 Å². The number of aryl methyl sites for hydroxylation is 2. The SMILES string of the molecule is Cc1ccc(C(CN2C(=O)c3ccccc3C2=O)C(=O)Cc2ccc3cnccc3c2)cc1.Cc1ccc(C(CNC(=O)c2ccccc2C(=O)O)C(=O)O)cc1.Nc1ccc2ccccc2c1. The molecule has 0 radical (unpaired) electrons. The Labute approximate surface area is 392 Å². The number of carboxylic acid groups (broad SMARTS) is 2. The first-order valence-corrected chi connectivity index (χ1v) is 21.8. The third-order valence-electron chi connectivity index (χ3n) is 11.6. The number of fused-ring (bicyclic) bond motifs is 3. The van der Waals surface area contributed by atoms with Gasteiger partial charge in [-0.3, -0.25) is 33.9 Å². The number of carbonyl (C=O) groups excluding carboxylic acids is 4. The predicted octanol–water partition coefficient (Wildman–Crippen LogP) is 9.45. The molecule has 0 aliphatic carbocycles. The van der Waals surface area contributed by atoms with E-state index in [0.29, 0.717) is 16.7 Å². The highest BCUT2D eigenvalue weighted by molar-refractivity contribution is 6.21. The number of hydrogen-bond donors (Lipinski definition) is 4. The molecule has 7 aromatic carbocycles. The van der Waals surface area contributed by atoms with Gasteiger partial charge in [-0.1, -0.05) is 132 Å². The second-order valence-electron chi connectivity index (χ2n) is 16.4. The van der Waals surface area contributed by atoms with E-state index in [1.807, 2.05) is 92.7 Å². The Morgan fingerprint density at radius 1 is 0.603 bits per heavy atom. The number of Topliss-reactive ketones (excluding diaryl/α,β-unsaturated/α-hetero) is 1. The van der Waals surface area contributed by atoms with Gasteiger partial charge in [0.1, 0.15) is 5.78 Å². The van der Waals surface area contributed by atoms with Gasteiger partial charge >= 0.3 is 11.9 Å². The van der Waals surface area contributed by atoms with Crippen LogP contribution in [0.3, 0.4) is 0 Å². The van der Waals surface area contributed by atoms with Crippen molar-refractivity contribution < 1.29 is 39.0 Å². The zero-order chi connectivity index (χ0) is 48.3. The van der Waals surface area contributed by atoms with Crippen molar-refractivity contribution in [1.29, 1.82) is 0 Å². The zero-order valence-electron chi connectivity index (χ0n) is 37.3. The summed E-state index contributed by atoms with van der Waals surface area (Å²) in [5.74, 6) is -5.15. The summed E-state index contributed by atoms with van der Waals surface area (Å²) < 4.78 is 0. The smallest absolute Gasteiger partial charge is 0.336 e. The molecule has 12 heteroatoms. The van der Waals surface area contributed by atoms with E-state index in [0.717, 1.165) is 38.7 Å². The molecule has 8 aromatic rings. The van der Waals surface area contributed by atoms with Crippen molar-refractivity contribution in [3.8, 4) is 0 Å². The number of imide groups is 1. The first kappa shape index (κ1) is 47.2. The van der Waals surface area contributed by atoms with Gasteiger partial charge in [-0.25, -0.2) is 4.79 Å². The van der Waals surface area contributed by atoms with Crippen molar-refractivity contribution >= 4 is 62.7 Å². The van der Waals surface area contributed by atoms with Crippen LogP contribution in [0.5, 0.6) is 0 Å². The number of nitrogens with two attached hydrogens (primary N) is 1. The maximum absolute atomic E-state index is 13.5. The lowest BCUT2D eigenvalue weighted by molar-refractivity contribution is -0.138.